The number of carbonyl (C=O) groups is 2. The predicted molar refractivity (Wildman–Crippen MR) is 149 cm³/mol. The number of ether oxygens (including phenoxy) is 1. The summed E-state index contributed by atoms with van der Waals surface area (Å²) in [5, 5.41) is 34.8. The maximum absolute atomic E-state index is 14.1. The van der Waals surface area contributed by atoms with Crippen LogP contribution in [0.1, 0.15) is 46.5 Å². The maximum Gasteiger partial charge on any atom is 0.346 e. The normalized spacial score (nSPS) is 28.2. The minimum atomic E-state index is -2.65. The minimum absolute atomic E-state index is 0.0418. The Morgan fingerprint density at radius 3 is 2.64 bits per heavy atom. The van der Waals surface area contributed by atoms with Crippen molar-refractivity contribution >= 4 is 23.7 Å². The Bertz CT molecular complexity index is 1540. The molecule has 4 heterocycles. The fraction of sp³-hybridized carbons (Fsp3) is 0.429. The van der Waals surface area contributed by atoms with E-state index in [0.717, 1.165) is 12.0 Å². The van der Waals surface area contributed by atoms with Gasteiger partial charge < -0.3 is 36.6 Å². The van der Waals surface area contributed by atoms with Gasteiger partial charge in [-0.3, -0.25) is 20.6 Å². The number of fused-ring (bicyclic) bond motifs is 1. The van der Waals surface area contributed by atoms with Gasteiger partial charge in [-0.1, -0.05) is 38.1 Å². The molecule has 0 saturated carbocycles. The van der Waals surface area contributed by atoms with Crippen LogP contribution in [0, 0.1) is 5.82 Å². The van der Waals surface area contributed by atoms with Crippen molar-refractivity contribution < 1.29 is 33.5 Å². The second-order valence-electron chi connectivity index (χ2n) is 11.7. The average Bonchev–Trinajstić information content (AvgIpc) is 3.41. The zero-order valence-corrected chi connectivity index (χ0v) is 23.1. The molecule has 222 valence electrons. The Morgan fingerprint density at radius 1 is 1.14 bits per heavy atom. The van der Waals surface area contributed by atoms with Crippen LogP contribution in [0.3, 0.4) is 0 Å². The molecule has 4 aliphatic rings. The first-order valence-electron chi connectivity index (χ1n) is 13.7. The highest BCUT2D eigenvalue weighted by atomic mass is 19.1. The fourth-order valence-electron chi connectivity index (χ4n) is 6.45. The molecule has 0 radical (unpaired) electrons. The van der Waals surface area contributed by atoms with Gasteiger partial charge in [-0.2, -0.15) is 0 Å². The summed E-state index contributed by atoms with van der Waals surface area (Å²) in [7, 11) is 0. The van der Waals surface area contributed by atoms with Crippen LogP contribution in [0.15, 0.2) is 47.5 Å². The molecule has 1 fully saturated rings. The van der Waals surface area contributed by atoms with Gasteiger partial charge in [0.1, 0.15) is 29.7 Å². The summed E-state index contributed by atoms with van der Waals surface area (Å²) < 4.78 is 21.5. The van der Waals surface area contributed by atoms with Crippen molar-refractivity contribution in [1.29, 1.82) is 0 Å². The van der Waals surface area contributed by atoms with E-state index in [1.54, 1.807) is 18.2 Å². The minimum Gasteiger partial charge on any atom is -0.492 e. The Balaban J connectivity index is 1.27. The summed E-state index contributed by atoms with van der Waals surface area (Å²) in [4.78, 5) is 30.7. The number of halogens is 1. The number of para-hydroxylation sites is 1. The van der Waals surface area contributed by atoms with E-state index in [4.69, 9.17) is 16.2 Å². The van der Waals surface area contributed by atoms with E-state index < -0.39 is 47.2 Å². The molecule has 14 heteroatoms. The number of carbonyl (C=O) groups excluding carboxylic acids is 2. The van der Waals surface area contributed by atoms with Crippen LogP contribution in [-0.4, -0.2) is 87.8 Å². The number of rotatable bonds is 5. The van der Waals surface area contributed by atoms with Gasteiger partial charge in [0.25, 0.3) is 11.8 Å². The molecule has 0 bridgehead atoms. The molecule has 2 amide bonds. The molecule has 42 heavy (non-hydrogen) atoms. The van der Waals surface area contributed by atoms with Gasteiger partial charge in [-0.05, 0) is 30.0 Å². The highest BCUT2D eigenvalue weighted by molar-refractivity contribution is 5.98. The van der Waals surface area contributed by atoms with Crippen molar-refractivity contribution in [2.24, 2.45) is 16.5 Å². The van der Waals surface area contributed by atoms with Crippen molar-refractivity contribution in [3.63, 3.8) is 0 Å². The molecule has 0 aromatic heterocycles. The topological polar surface area (TPSA) is 199 Å². The van der Waals surface area contributed by atoms with Gasteiger partial charge in [0, 0.05) is 5.56 Å². The first-order chi connectivity index (χ1) is 19.9. The maximum atomic E-state index is 14.1. The van der Waals surface area contributed by atoms with Gasteiger partial charge in [-0.25, -0.2) is 14.0 Å². The number of guanidine groups is 2. The third-order valence-corrected chi connectivity index (χ3v) is 8.74. The fourth-order valence-corrected chi connectivity index (χ4v) is 6.45. The number of amides is 2. The molecule has 1 spiro atoms. The Hall–Kier alpha value is -4.43. The van der Waals surface area contributed by atoms with Crippen LogP contribution >= 0.6 is 0 Å². The number of nitrogens with zero attached hydrogens (tertiary/aromatic N) is 2. The quantitative estimate of drug-likeness (QED) is 0.151. The molecule has 1 saturated heterocycles. The van der Waals surface area contributed by atoms with Gasteiger partial charge >= 0.3 is 5.96 Å². The van der Waals surface area contributed by atoms with E-state index >= 15 is 0 Å². The second kappa shape index (κ2) is 9.56. The van der Waals surface area contributed by atoms with Crippen LogP contribution in [0.25, 0.3) is 0 Å². The van der Waals surface area contributed by atoms with Crippen LogP contribution in [0.4, 0.5) is 4.39 Å². The zero-order chi connectivity index (χ0) is 30.0. The first kappa shape index (κ1) is 27.7. The lowest BCUT2D eigenvalue weighted by Gasteiger charge is -2.43. The van der Waals surface area contributed by atoms with Crippen LogP contribution in [0.2, 0.25) is 0 Å². The lowest BCUT2D eigenvalue weighted by atomic mass is 9.79. The van der Waals surface area contributed by atoms with E-state index in [1.807, 2.05) is 6.07 Å². The van der Waals surface area contributed by atoms with Crippen LogP contribution in [0.5, 0.6) is 5.75 Å². The van der Waals surface area contributed by atoms with E-state index in [-0.39, 0.29) is 41.6 Å². The van der Waals surface area contributed by atoms with Crippen molar-refractivity contribution in [1.82, 2.24) is 21.3 Å². The number of hydrogen-bond acceptors (Lipinski definition) is 10. The summed E-state index contributed by atoms with van der Waals surface area (Å²) in [5.41, 5.74) is 11.5. The molecule has 13 nitrogen and oxygen atoms in total. The molecule has 4 atom stereocenters. The summed E-state index contributed by atoms with van der Waals surface area (Å²) in [6.45, 7) is 4.38. The molecule has 2 aromatic carbocycles. The molecule has 6 rings (SSSR count). The Labute approximate surface area is 240 Å². The SMILES string of the molecule is CC1(C)CCOc2c(C(=O)NC3C[N+]4=C(N)N[C@@H](CNC(=O)c5ccccc5F)[C@@H]5N=C(N)N[C@@]54C3(O)O)cccc21. The third-order valence-electron chi connectivity index (χ3n) is 8.74. The first-order valence-corrected chi connectivity index (χ1v) is 13.7. The van der Waals surface area contributed by atoms with Gasteiger partial charge in [0.05, 0.1) is 30.8 Å². The number of benzene rings is 2. The smallest absolute Gasteiger partial charge is 0.346 e. The van der Waals surface area contributed by atoms with Crippen LogP contribution < -0.4 is 37.5 Å². The van der Waals surface area contributed by atoms with Crippen molar-refractivity contribution in [2.75, 3.05) is 19.7 Å². The molecule has 2 aromatic rings. The molecule has 1 unspecified atom stereocenters. The lowest BCUT2D eigenvalue weighted by molar-refractivity contribution is -0.623. The molecular formula is C28H34FN8O5+. The Morgan fingerprint density at radius 2 is 1.88 bits per heavy atom. The standard InChI is InChI=1S/C28H33FN8O5/c1-26(2)10-11-42-20-15(7-5-8-16(20)26)23(39)34-19-13-37-25(31)33-18(12-32-22(38)14-6-3-4-9-17(14)29)21-27(37,28(19,40)41)36-24(30)35-21/h3-9,18-19,21,40-41H,10-13H2,1-2H3,(H7,30,31,32,33,34,35,36,38,39)/p+1/t18-,19?,21-,27-/m0/s1. The number of nitrogens with one attached hydrogen (secondary N) is 4. The Kier molecular flexibility index (Phi) is 6.31. The lowest BCUT2D eigenvalue weighted by Crippen LogP contribution is -2.79. The second-order valence-corrected chi connectivity index (χ2v) is 11.7. The van der Waals surface area contributed by atoms with Gasteiger partial charge in [-0.15, -0.1) is 0 Å². The summed E-state index contributed by atoms with van der Waals surface area (Å²) in [6, 6.07) is 7.83. The van der Waals surface area contributed by atoms with E-state index in [1.165, 1.54) is 22.8 Å². The molecule has 10 N–H and O–H groups in total. The van der Waals surface area contributed by atoms with Crippen molar-refractivity contribution in [3.05, 3.63) is 65.0 Å². The molecule has 4 aliphatic heterocycles. The third kappa shape index (κ3) is 4.04. The molecular weight excluding hydrogens is 547 g/mol. The van der Waals surface area contributed by atoms with Gasteiger partial charge in [0.15, 0.2) is 5.96 Å². The number of hydrogen-bond donors (Lipinski definition) is 8. The highest BCUT2D eigenvalue weighted by Gasteiger charge is 2.75. The number of nitrogens with two attached hydrogens (primary N) is 2. The zero-order valence-electron chi connectivity index (χ0n) is 23.1. The number of aliphatic hydroxyl groups is 2. The summed E-state index contributed by atoms with van der Waals surface area (Å²) in [5.74, 6) is -4.13. The molecule has 0 aliphatic carbocycles. The predicted octanol–water partition coefficient (Wildman–Crippen LogP) is -1.61. The highest BCUT2D eigenvalue weighted by Crippen LogP contribution is 2.43. The number of aliphatic imine (C=N–C) groups is 1. The monoisotopic (exact) mass is 581 g/mol. The van der Waals surface area contributed by atoms with E-state index in [2.05, 4.69) is 40.1 Å². The van der Waals surface area contributed by atoms with Gasteiger partial charge in [0.2, 0.25) is 11.4 Å². The van der Waals surface area contributed by atoms with Crippen molar-refractivity contribution in [2.45, 2.75) is 55.3 Å². The van der Waals surface area contributed by atoms with Crippen molar-refractivity contribution in [3.8, 4) is 5.75 Å². The average molecular weight is 582 g/mol. The van der Waals surface area contributed by atoms with E-state index in [9.17, 15) is 24.2 Å². The largest absolute Gasteiger partial charge is 0.492 e. The van der Waals surface area contributed by atoms with Crippen LogP contribution in [-0.2, 0) is 5.41 Å². The van der Waals surface area contributed by atoms with E-state index in [0.29, 0.717) is 12.4 Å². The summed E-state index contributed by atoms with van der Waals surface area (Å²) in [6.07, 6.45) is 0.792. The summed E-state index contributed by atoms with van der Waals surface area (Å²) >= 11 is 0.